The zero-order valence-electron chi connectivity index (χ0n) is 12.6. The fourth-order valence-electron chi connectivity index (χ4n) is 1.94. The van der Waals surface area contributed by atoms with Gasteiger partial charge in [0.05, 0.1) is 6.54 Å². The van der Waals surface area contributed by atoms with E-state index in [0.29, 0.717) is 11.7 Å². The smallest absolute Gasteiger partial charge is 0.238 e. The summed E-state index contributed by atoms with van der Waals surface area (Å²) in [5.74, 6) is 0.316. The van der Waals surface area contributed by atoms with Crippen LogP contribution in [0.4, 0.5) is 10.1 Å². The second kappa shape index (κ2) is 8.69. The van der Waals surface area contributed by atoms with Crippen molar-refractivity contribution in [2.24, 2.45) is 5.92 Å². The molecule has 3 nitrogen and oxygen atoms in total. The molecule has 0 saturated carbocycles. The fourth-order valence-corrected chi connectivity index (χ4v) is 1.94. The van der Waals surface area contributed by atoms with E-state index >= 15 is 0 Å². The molecule has 0 radical (unpaired) electrons. The molecule has 1 atom stereocenters. The number of carbonyl (C=O) groups is 1. The van der Waals surface area contributed by atoms with Gasteiger partial charge in [-0.3, -0.25) is 4.79 Å². The number of anilines is 1. The summed E-state index contributed by atoms with van der Waals surface area (Å²) in [7, 11) is 0. The molecule has 0 bridgehead atoms. The second-order valence-electron chi connectivity index (χ2n) is 5.66. The first-order valence-corrected chi connectivity index (χ1v) is 7.26. The van der Waals surface area contributed by atoms with Crippen molar-refractivity contribution in [1.29, 1.82) is 0 Å². The van der Waals surface area contributed by atoms with Gasteiger partial charge in [0.2, 0.25) is 5.91 Å². The Balaban J connectivity index is 2.20. The van der Waals surface area contributed by atoms with E-state index in [0.717, 1.165) is 12.3 Å². The first-order valence-electron chi connectivity index (χ1n) is 7.26. The second-order valence-corrected chi connectivity index (χ2v) is 5.66. The van der Waals surface area contributed by atoms with Crippen molar-refractivity contribution in [3.63, 3.8) is 0 Å². The van der Waals surface area contributed by atoms with Gasteiger partial charge in [-0.25, -0.2) is 4.39 Å². The predicted octanol–water partition coefficient (Wildman–Crippen LogP) is 3.57. The molecule has 20 heavy (non-hydrogen) atoms. The minimum atomic E-state index is -0.306. The number of nitrogens with one attached hydrogen (secondary N) is 2. The summed E-state index contributed by atoms with van der Waals surface area (Å²) < 4.78 is 12.7. The van der Waals surface area contributed by atoms with Crippen molar-refractivity contribution in [3.05, 3.63) is 30.1 Å². The molecule has 0 aliphatic rings. The third kappa shape index (κ3) is 7.24. The minimum Gasteiger partial charge on any atom is -0.325 e. The largest absolute Gasteiger partial charge is 0.325 e. The van der Waals surface area contributed by atoms with Gasteiger partial charge in [0.1, 0.15) is 5.82 Å². The van der Waals surface area contributed by atoms with E-state index in [-0.39, 0.29) is 18.3 Å². The van der Waals surface area contributed by atoms with E-state index in [1.807, 2.05) is 0 Å². The molecule has 1 aromatic rings. The quantitative estimate of drug-likeness (QED) is 0.764. The molecule has 0 aliphatic heterocycles. The van der Waals surface area contributed by atoms with Crippen molar-refractivity contribution in [2.75, 3.05) is 11.9 Å². The van der Waals surface area contributed by atoms with Crippen LogP contribution in [0.3, 0.4) is 0 Å². The number of halogens is 1. The Morgan fingerprint density at radius 1 is 1.15 bits per heavy atom. The third-order valence-electron chi connectivity index (χ3n) is 3.16. The van der Waals surface area contributed by atoms with Gasteiger partial charge in [0.15, 0.2) is 0 Å². The molecule has 0 heterocycles. The lowest BCUT2D eigenvalue weighted by atomic mass is 10.0. The maximum atomic E-state index is 12.7. The van der Waals surface area contributed by atoms with E-state index in [9.17, 15) is 9.18 Å². The lowest BCUT2D eigenvalue weighted by Gasteiger charge is -2.14. The van der Waals surface area contributed by atoms with Crippen molar-refractivity contribution >= 4 is 11.6 Å². The highest BCUT2D eigenvalue weighted by atomic mass is 19.1. The zero-order chi connectivity index (χ0) is 15.0. The Hall–Kier alpha value is -1.42. The van der Waals surface area contributed by atoms with Crippen LogP contribution in [0.1, 0.15) is 40.0 Å². The van der Waals surface area contributed by atoms with Crippen LogP contribution in [0.5, 0.6) is 0 Å². The Morgan fingerprint density at radius 3 is 2.40 bits per heavy atom. The highest BCUT2D eigenvalue weighted by Gasteiger charge is 2.06. The van der Waals surface area contributed by atoms with Crippen LogP contribution < -0.4 is 10.6 Å². The predicted molar refractivity (Wildman–Crippen MR) is 81.2 cm³/mol. The molecule has 4 heteroatoms. The van der Waals surface area contributed by atoms with Crippen LogP contribution in [-0.4, -0.2) is 18.5 Å². The SMILES string of the molecule is CC(C)CCCC(C)NCC(=O)Nc1ccc(F)cc1. The molecule has 0 spiro atoms. The molecule has 0 aromatic heterocycles. The number of hydrogen-bond donors (Lipinski definition) is 2. The summed E-state index contributed by atoms with van der Waals surface area (Å²) in [6.45, 7) is 6.80. The highest BCUT2D eigenvalue weighted by molar-refractivity contribution is 5.92. The standard InChI is InChI=1S/C16H25FN2O/c1-12(2)5-4-6-13(3)18-11-16(20)19-15-9-7-14(17)8-10-15/h7-10,12-13,18H,4-6,11H2,1-3H3,(H,19,20). The van der Waals surface area contributed by atoms with Gasteiger partial charge in [0.25, 0.3) is 0 Å². The van der Waals surface area contributed by atoms with Gasteiger partial charge in [0, 0.05) is 11.7 Å². The van der Waals surface area contributed by atoms with E-state index in [1.54, 1.807) is 12.1 Å². The lowest BCUT2D eigenvalue weighted by Crippen LogP contribution is -2.34. The fraction of sp³-hybridized carbons (Fsp3) is 0.562. The van der Waals surface area contributed by atoms with Crippen LogP contribution in [0.25, 0.3) is 0 Å². The zero-order valence-corrected chi connectivity index (χ0v) is 12.6. The molecule has 0 aliphatic carbocycles. The molecule has 0 fully saturated rings. The average Bonchev–Trinajstić information content (AvgIpc) is 2.39. The van der Waals surface area contributed by atoms with Crippen LogP contribution >= 0.6 is 0 Å². The molecule has 1 aromatic carbocycles. The van der Waals surface area contributed by atoms with Gasteiger partial charge in [-0.1, -0.05) is 26.7 Å². The van der Waals surface area contributed by atoms with Gasteiger partial charge >= 0.3 is 0 Å². The molecule has 1 unspecified atom stereocenters. The summed E-state index contributed by atoms with van der Waals surface area (Å²) in [5, 5.41) is 5.93. The summed E-state index contributed by atoms with van der Waals surface area (Å²) in [4.78, 5) is 11.7. The van der Waals surface area contributed by atoms with E-state index in [4.69, 9.17) is 0 Å². The van der Waals surface area contributed by atoms with Crippen LogP contribution in [0.2, 0.25) is 0 Å². The Bertz CT molecular complexity index is 403. The summed E-state index contributed by atoms with van der Waals surface area (Å²) in [6, 6.07) is 6.10. The van der Waals surface area contributed by atoms with Gasteiger partial charge in [-0.05, 0) is 43.5 Å². The highest BCUT2D eigenvalue weighted by Crippen LogP contribution is 2.09. The molecular formula is C16H25FN2O. The van der Waals surface area contributed by atoms with Gasteiger partial charge in [-0.2, -0.15) is 0 Å². The Morgan fingerprint density at radius 2 is 1.80 bits per heavy atom. The summed E-state index contributed by atoms with van der Waals surface area (Å²) in [5.41, 5.74) is 0.616. The third-order valence-corrected chi connectivity index (χ3v) is 3.16. The molecule has 0 saturated heterocycles. The van der Waals surface area contributed by atoms with E-state index < -0.39 is 0 Å². The molecule has 1 amide bonds. The summed E-state index contributed by atoms with van der Waals surface area (Å²) >= 11 is 0. The average molecular weight is 280 g/mol. The normalized spacial score (nSPS) is 12.4. The molecule has 1 rings (SSSR count). The number of rotatable bonds is 8. The first kappa shape index (κ1) is 16.6. The maximum Gasteiger partial charge on any atom is 0.238 e. The molecule has 112 valence electrons. The van der Waals surface area contributed by atoms with Crippen molar-refractivity contribution in [3.8, 4) is 0 Å². The Kier molecular flexibility index (Phi) is 7.23. The van der Waals surface area contributed by atoms with Gasteiger partial charge < -0.3 is 10.6 Å². The number of amides is 1. The molecular weight excluding hydrogens is 255 g/mol. The minimum absolute atomic E-state index is 0.104. The Labute approximate surface area is 121 Å². The number of benzene rings is 1. The van der Waals surface area contributed by atoms with Crippen LogP contribution in [-0.2, 0) is 4.79 Å². The van der Waals surface area contributed by atoms with Crippen molar-refractivity contribution in [1.82, 2.24) is 5.32 Å². The first-order chi connectivity index (χ1) is 9.47. The van der Waals surface area contributed by atoms with Crippen LogP contribution in [0.15, 0.2) is 24.3 Å². The van der Waals surface area contributed by atoms with Crippen molar-refractivity contribution in [2.45, 2.75) is 46.1 Å². The maximum absolute atomic E-state index is 12.7. The number of carbonyl (C=O) groups excluding carboxylic acids is 1. The monoisotopic (exact) mass is 280 g/mol. The van der Waals surface area contributed by atoms with Crippen molar-refractivity contribution < 1.29 is 9.18 Å². The number of hydrogen-bond acceptors (Lipinski definition) is 2. The van der Waals surface area contributed by atoms with E-state index in [1.165, 1.54) is 25.0 Å². The lowest BCUT2D eigenvalue weighted by molar-refractivity contribution is -0.115. The summed E-state index contributed by atoms with van der Waals surface area (Å²) in [6.07, 6.45) is 3.46. The molecule has 2 N–H and O–H groups in total. The van der Waals surface area contributed by atoms with Gasteiger partial charge in [-0.15, -0.1) is 0 Å². The topological polar surface area (TPSA) is 41.1 Å². The van der Waals surface area contributed by atoms with Crippen LogP contribution in [0, 0.1) is 11.7 Å². The van der Waals surface area contributed by atoms with E-state index in [2.05, 4.69) is 31.4 Å².